The third-order valence-corrected chi connectivity index (χ3v) is 4.64. The molecular weight excluding hydrogens is 272 g/mol. The first kappa shape index (κ1) is 13.5. The van der Waals surface area contributed by atoms with Crippen LogP contribution in [0.25, 0.3) is 10.2 Å². The standard InChI is InChI=1S/C13H20N6S/c1-2-19-5-3-9(8-19)7-15-11-10-4-6-20-12(10)17-13(16-11)18-14/h4,6,9H,2-3,5,7-8,14H2,1H3,(H2,15,16,17,18). The summed E-state index contributed by atoms with van der Waals surface area (Å²) in [6, 6.07) is 2.05. The molecule has 1 aliphatic rings. The Morgan fingerprint density at radius 3 is 3.15 bits per heavy atom. The number of hydrazine groups is 1. The van der Waals surface area contributed by atoms with E-state index in [1.54, 1.807) is 11.3 Å². The van der Waals surface area contributed by atoms with E-state index in [4.69, 9.17) is 5.84 Å². The second-order valence-corrected chi connectivity index (χ2v) is 6.00. The van der Waals surface area contributed by atoms with Gasteiger partial charge in [-0.2, -0.15) is 4.98 Å². The molecule has 2 aromatic rings. The van der Waals surface area contributed by atoms with E-state index in [-0.39, 0.29) is 0 Å². The first-order valence-electron chi connectivity index (χ1n) is 6.98. The number of hydrogen-bond donors (Lipinski definition) is 3. The van der Waals surface area contributed by atoms with Crippen molar-refractivity contribution in [2.24, 2.45) is 11.8 Å². The molecule has 0 aromatic carbocycles. The van der Waals surface area contributed by atoms with Crippen LogP contribution in [0.4, 0.5) is 11.8 Å². The number of likely N-dealkylation sites (tertiary alicyclic amines) is 1. The maximum absolute atomic E-state index is 5.43. The second kappa shape index (κ2) is 5.90. The van der Waals surface area contributed by atoms with Crippen molar-refractivity contribution in [2.45, 2.75) is 13.3 Å². The fourth-order valence-corrected chi connectivity index (χ4v) is 3.43. The minimum atomic E-state index is 0.462. The van der Waals surface area contributed by atoms with E-state index in [9.17, 15) is 0 Å². The number of hydrogen-bond acceptors (Lipinski definition) is 7. The summed E-state index contributed by atoms with van der Waals surface area (Å²) in [7, 11) is 0. The van der Waals surface area contributed by atoms with Gasteiger partial charge in [0.1, 0.15) is 10.6 Å². The predicted octanol–water partition coefficient (Wildman–Crippen LogP) is 1.73. The molecule has 0 saturated carbocycles. The summed E-state index contributed by atoms with van der Waals surface area (Å²) >= 11 is 1.60. The Bertz CT molecular complexity index is 583. The molecule has 6 nitrogen and oxygen atoms in total. The zero-order valence-corrected chi connectivity index (χ0v) is 12.4. The summed E-state index contributed by atoms with van der Waals surface area (Å²) in [6.07, 6.45) is 1.25. The number of nitrogens with two attached hydrogens (primary N) is 1. The summed E-state index contributed by atoms with van der Waals surface area (Å²) in [5.41, 5.74) is 2.53. The summed E-state index contributed by atoms with van der Waals surface area (Å²) in [6.45, 7) is 6.68. The number of fused-ring (bicyclic) bond motifs is 1. The van der Waals surface area contributed by atoms with Gasteiger partial charge in [-0.1, -0.05) is 6.92 Å². The molecule has 20 heavy (non-hydrogen) atoms. The van der Waals surface area contributed by atoms with Crippen molar-refractivity contribution in [3.63, 3.8) is 0 Å². The smallest absolute Gasteiger partial charge is 0.240 e. The van der Waals surface area contributed by atoms with Crippen molar-refractivity contribution >= 4 is 33.3 Å². The number of nitrogen functional groups attached to an aromatic ring is 1. The van der Waals surface area contributed by atoms with E-state index >= 15 is 0 Å². The van der Waals surface area contributed by atoms with Crippen molar-refractivity contribution in [3.05, 3.63) is 11.4 Å². The van der Waals surface area contributed by atoms with Crippen LogP contribution < -0.4 is 16.6 Å². The van der Waals surface area contributed by atoms with Crippen LogP contribution in [0.5, 0.6) is 0 Å². The summed E-state index contributed by atoms with van der Waals surface area (Å²) < 4.78 is 0. The number of nitrogens with one attached hydrogen (secondary N) is 2. The molecule has 0 aliphatic carbocycles. The Hall–Kier alpha value is -1.44. The van der Waals surface area contributed by atoms with Gasteiger partial charge in [0.25, 0.3) is 0 Å². The van der Waals surface area contributed by atoms with Crippen molar-refractivity contribution < 1.29 is 0 Å². The lowest BCUT2D eigenvalue weighted by Gasteiger charge is -2.14. The van der Waals surface area contributed by atoms with Gasteiger partial charge in [0, 0.05) is 13.1 Å². The third-order valence-electron chi connectivity index (χ3n) is 3.83. The van der Waals surface area contributed by atoms with Crippen LogP contribution in [0, 0.1) is 5.92 Å². The summed E-state index contributed by atoms with van der Waals surface area (Å²) in [5, 5.41) is 6.56. The topological polar surface area (TPSA) is 79.1 Å². The fraction of sp³-hybridized carbons (Fsp3) is 0.538. The van der Waals surface area contributed by atoms with Crippen LogP contribution in [-0.2, 0) is 0 Å². The van der Waals surface area contributed by atoms with Gasteiger partial charge in [0.2, 0.25) is 5.95 Å². The molecule has 0 amide bonds. The monoisotopic (exact) mass is 292 g/mol. The SMILES string of the molecule is CCN1CCC(CNc2nc(NN)nc3sccc23)C1. The molecule has 3 rings (SSSR count). The Morgan fingerprint density at radius 1 is 1.50 bits per heavy atom. The highest BCUT2D eigenvalue weighted by molar-refractivity contribution is 7.16. The Kier molecular flexibility index (Phi) is 4.00. The molecule has 1 fully saturated rings. The van der Waals surface area contributed by atoms with Gasteiger partial charge >= 0.3 is 0 Å². The molecule has 2 aromatic heterocycles. The van der Waals surface area contributed by atoms with Crippen LogP contribution in [0.1, 0.15) is 13.3 Å². The number of aromatic nitrogens is 2. The Morgan fingerprint density at radius 2 is 2.40 bits per heavy atom. The van der Waals surface area contributed by atoms with Crippen molar-refractivity contribution in [1.82, 2.24) is 14.9 Å². The summed E-state index contributed by atoms with van der Waals surface area (Å²) in [5.74, 6) is 7.45. The molecule has 1 saturated heterocycles. The van der Waals surface area contributed by atoms with E-state index < -0.39 is 0 Å². The lowest BCUT2D eigenvalue weighted by atomic mass is 10.1. The van der Waals surface area contributed by atoms with Gasteiger partial charge in [-0.05, 0) is 36.9 Å². The first-order chi connectivity index (χ1) is 9.80. The molecule has 7 heteroatoms. The molecule has 0 radical (unpaired) electrons. The maximum atomic E-state index is 5.43. The average molecular weight is 292 g/mol. The summed E-state index contributed by atoms with van der Waals surface area (Å²) in [4.78, 5) is 12.2. The fourth-order valence-electron chi connectivity index (χ4n) is 2.66. The van der Waals surface area contributed by atoms with E-state index in [0.29, 0.717) is 11.9 Å². The van der Waals surface area contributed by atoms with Crippen LogP contribution in [0.15, 0.2) is 11.4 Å². The van der Waals surface area contributed by atoms with Crippen LogP contribution in [0.2, 0.25) is 0 Å². The number of nitrogens with zero attached hydrogens (tertiary/aromatic N) is 3. The van der Waals surface area contributed by atoms with Crippen molar-refractivity contribution in [3.8, 4) is 0 Å². The molecule has 1 atom stereocenters. The van der Waals surface area contributed by atoms with Crippen molar-refractivity contribution in [1.29, 1.82) is 0 Å². The molecule has 3 heterocycles. The average Bonchev–Trinajstić information content (AvgIpc) is 3.12. The first-order valence-corrected chi connectivity index (χ1v) is 7.86. The largest absolute Gasteiger partial charge is 0.369 e. The molecule has 4 N–H and O–H groups in total. The lowest BCUT2D eigenvalue weighted by Crippen LogP contribution is -2.23. The lowest BCUT2D eigenvalue weighted by molar-refractivity contribution is 0.345. The molecule has 1 unspecified atom stereocenters. The quantitative estimate of drug-likeness (QED) is 0.575. The number of rotatable bonds is 5. The van der Waals surface area contributed by atoms with Crippen LogP contribution in [-0.4, -0.2) is 41.0 Å². The zero-order valence-electron chi connectivity index (χ0n) is 11.6. The molecule has 1 aliphatic heterocycles. The molecule has 0 spiro atoms. The molecule has 108 valence electrons. The minimum Gasteiger partial charge on any atom is -0.369 e. The van der Waals surface area contributed by atoms with E-state index in [1.807, 2.05) is 5.38 Å². The predicted molar refractivity (Wildman–Crippen MR) is 83.9 cm³/mol. The van der Waals surface area contributed by atoms with Gasteiger partial charge in [0.05, 0.1) is 5.39 Å². The second-order valence-electron chi connectivity index (χ2n) is 5.11. The minimum absolute atomic E-state index is 0.462. The molecule has 0 bridgehead atoms. The van der Waals surface area contributed by atoms with Gasteiger partial charge in [-0.25, -0.2) is 10.8 Å². The van der Waals surface area contributed by atoms with Crippen LogP contribution in [0.3, 0.4) is 0 Å². The Labute approximate surface area is 122 Å². The highest BCUT2D eigenvalue weighted by atomic mass is 32.1. The number of anilines is 2. The van der Waals surface area contributed by atoms with Gasteiger partial charge in [-0.3, -0.25) is 5.43 Å². The van der Waals surface area contributed by atoms with Crippen LogP contribution >= 0.6 is 11.3 Å². The van der Waals surface area contributed by atoms with Crippen molar-refractivity contribution in [2.75, 3.05) is 36.9 Å². The molecular formula is C13H20N6S. The maximum Gasteiger partial charge on any atom is 0.240 e. The van der Waals surface area contributed by atoms with E-state index in [0.717, 1.165) is 29.1 Å². The van der Waals surface area contributed by atoms with E-state index in [2.05, 4.69) is 38.6 Å². The highest BCUT2D eigenvalue weighted by Crippen LogP contribution is 2.27. The third kappa shape index (κ3) is 2.70. The van der Waals surface area contributed by atoms with E-state index in [1.165, 1.54) is 19.5 Å². The van der Waals surface area contributed by atoms with Gasteiger partial charge in [-0.15, -0.1) is 11.3 Å². The normalized spacial score (nSPS) is 19.6. The zero-order chi connectivity index (χ0) is 13.9. The van der Waals surface area contributed by atoms with Gasteiger partial charge in [0.15, 0.2) is 0 Å². The Balaban J connectivity index is 1.72. The highest BCUT2D eigenvalue weighted by Gasteiger charge is 2.21. The number of thiophene rings is 1. The van der Waals surface area contributed by atoms with Gasteiger partial charge < -0.3 is 10.2 Å².